The third-order valence-corrected chi connectivity index (χ3v) is 5.66. The number of halogens is 2. The number of aliphatic carboxylic acids is 1. The minimum absolute atomic E-state index is 0.0569. The van der Waals surface area contributed by atoms with Crippen LogP contribution in [0.25, 0.3) is 0 Å². The van der Waals surface area contributed by atoms with E-state index in [-0.39, 0.29) is 16.0 Å². The van der Waals surface area contributed by atoms with Crippen molar-refractivity contribution >= 4 is 23.5 Å². The molecule has 27 heavy (non-hydrogen) atoms. The summed E-state index contributed by atoms with van der Waals surface area (Å²) >= 11 is 6.12. The summed E-state index contributed by atoms with van der Waals surface area (Å²) in [6.07, 6.45) is 1.01. The summed E-state index contributed by atoms with van der Waals surface area (Å²) in [5.74, 6) is -3.46. The Kier molecular flexibility index (Phi) is 6.34. The first kappa shape index (κ1) is 20.0. The maximum absolute atomic E-state index is 14.4. The van der Waals surface area contributed by atoms with Crippen LogP contribution in [-0.2, 0) is 19.1 Å². The van der Waals surface area contributed by atoms with Crippen LogP contribution in [0.2, 0.25) is 5.02 Å². The van der Waals surface area contributed by atoms with Gasteiger partial charge in [-0.05, 0) is 25.0 Å². The van der Waals surface area contributed by atoms with Crippen molar-refractivity contribution in [2.45, 2.75) is 25.2 Å². The van der Waals surface area contributed by atoms with Gasteiger partial charge in [0.15, 0.2) is 0 Å². The topological polar surface area (TPSA) is 76.1 Å². The van der Waals surface area contributed by atoms with Crippen LogP contribution in [0, 0.1) is 11.2 Å². The van der Waals surface area contributed by atoms with Gasteiger partial charge in [0.25, 0.3) is 0 Å². The summed E-state index contributed by atoms with van der Waals surface area (Å²) in [5.41, 5.74) is -0.269. The van der Waals surface area contributed by atoms with Gasteiger partial charge in [-0.3, -0.25) is 9.59 Å². The summed E-state index contributed by atoms with van der Waals surface area (Å²) in [4.78, 5) is 26.3. The zero-order valence-electron chi connectivity index (χ0n) is 15.0. The second-order valence-electron chi connectivity index (χ2n) is 7.21. The maximum Gasteiger partial charge on any atom is 0.304 e. The molecule has 148 valence electrons. The number of carboxylic acid groups (broad SMARTS) is 1. The van der Waals surface area contributed by atoms with Gasteiger partial charge in [-0.2, -0.15) is 0 Å². The minimum atomic E-state index is -1.18. The highest BCUT2D eigenvalue weighted by atomic mass is 35.5. The molecule has 2 heterocycles. The average molecular weight is 400 g/mol. The van der Waals surface area contributed by atoms with Gasteiger partial charge in [0, 0.05) is 42.3 Å². The lowest BCUT2D eigenvalue weighted by Crippen LogP contribution is -2.46. The molecule has 1 atom stereocenters. The van der Waals surface area contributed by atoms with Crippen molar-refractivity contribution in [3.8, 4) is 0 Å². The predicted molar refractivity (Wildman–Crippen MR) is 96.3 cm³/mol. The average Bonchev–Trinajstić information content (AvgIpc) is 2.83. The predicted octanol–water partition coefficient (Wildman–Crippen LogP) is 2.69. The van der Waals surface area contributed by atoms with Crippen molar-refractivity contribution < 1.29 is 28.6 Å². The van der Waals surface area contributed by atoms with E-state index in [1.807, 2.05) is 0 Å². The molecule has 8 heteroatoms. The Morgan fingerprint density at radius 1 is 1.26 bits per heavy atom. The van der Waals surface area contributed by atoms with E-state index in [9.17, 15) is 19.1 Å². The number of carbonyl (C=O) groups excluding carboxylic acids is 1. The van der Waals surface area contributed by atoms with E-state index < -0.39 is 30.0 Å². The van der Waals surface area contributed by atoms with E-state index in [1.165, 1.54) is 18.2 Å². The monoisotopic (exact) mass is 399 g/mol. The Labute approximate surface area is 162 Å². The van der Waals surface area contributed by atoms with Gasteiger partial charge in [0.2, 0.25) is 5.91 Å². The van der Waals surface area contributed by atoms with E-state index in [1.54, 1.807) is 4.90 Å². The largest absolute Gasteiger partial charge is 0.481 e. The van der Waals surface area contributed by atoms with E-state index in [0.717, 1.165) is 12.8 Å². The van der Waals surface area contributed by atoms with Crippen molar-refractivity contribution in [3.05, 3.63) is 34.6 Å². The molecule has 0 radical (unpaired) electrons. The molecule has 2 fully saturated rings. The highest BCUT2D eigenvalue weighted by Gasteiger charge is 2.40. The number of rotatable bonds is 4. The molecule has 0 bridgehead atoms. The van der Waals surface area contributed by atoms with Crippen LogP contribution in [0.1, 0.15) is 30.7 Å². The number of carboxylic acids is 1. The van der Waals surface area contributed by atoms with E-state index in [4.69, 9.17) is 21.1 Å². The zero-order chi connectivity index (χ0) is 19.4. The Bertz CT molecular complexity index is 687. The fraction of sp³-hybridized carbons (Fsp3) is 0.579. The summed E-state index contributed by atoms with van der Waals surface area (Å²) in [5, 5.41) is 9.35. The van der Waals surface area contributed by atoms with Crippen LogP contribution >= 0.6 is 11.6 Å². The highest BCUT2D eigenvalue weighted by molar-refractivity contribution is 6.31. The molecule has 3 rings (SSSR count). The normalized spacial score (nSPS) is 20.9. The van der Waals surface area contributed by atoms with Crippen molar-refractivity contribution in [2.75, 3.05) is 39.5 Å². The fourth-order valence-electron chi connectivity index (χ4n) is 3.84. The number of hydrogen-bond donors (Lipinski definition) is 1. The Morgan fingerprint density at radius 2 is 2.00 bits per heavy atom. The molecule has 1 amide bonds. The highest BCUT2D eigenvalue weighted by Crippen LogP contribution is 2.36. The molecule has 1 aromatic rings. The number of benzene rings is 1. The van der Waals surface area contributed by atoms with E-state index in [2.05, 4.69) is 0 Å². The molecule has 0 aromatic heterocycles. The molecule has 1 aromatic carbocycles. The zero-order valence-corrected chi connectivity index (χ0v) is 15.7. The molecule has 0 aliphatic carbocycles. The standard InChI is InChI=1S/C19H23ClFNO5/c20-14-2-1-3-15(21)17(14)13(10-16(23)24)18(25)22-6-9-27-12-19(11-22)4-7-26-8-5-19/h1-3,13H,4-12H2,(H,23,24). The number of hydrogen-bond acceptors (Lipinski definition) is 4. The molecule has 1 spiro atoms. The van der Waals surface area contributed by atoms with Gasteiger partial charge in [-0.25, -0.2) is 4.39 Å². The van der Waals surface area contributed by atoms with Crippen LogP contribution in [-0.4, -0.2) is 61.4 Å². The summed E-state index contributed by atoms with van der Waals surface area (Å²) < 4.78 is 25.6. The van der Waals surface area contributed by atoms with Gasteiger partial charge in [-0.15, -0.1) is 0 Å². The second kappa shape index (κ2) is 8.54. The van der Waals surface area contributed by atoms with Gasteiger partial charge in [-0.1, -0.05) is 17.7 Å². The first-order chi connectivity index (χ1) is 12.9. The van der Waals surface area contributed by atoms with Crippen LogP contribution in [0.5, 0.6) is 0 Å². The van der Waals surface area contributed by atoms with Crippen LogP contribution < -0.4 is 0 Å². The van der Waals surface area contributed by atoms with Gasteiger partial charge in [0.05, 0.1) is 25.6 Å². The first-order valence-corrected chi connectivity index (χ1v) is 9.40. The number of ether oxygens (including phenoxy) is 2. The molecular formula is C19H23ClFNO5. The Morgan fingerprint density at radius 3 is 2.67 bits per heavy atom. The van der Waals surface area contributed by atoms with Gasteiger partial charge < -0.3 is 19.5 Å². The van der Waals surface area contributed by atoms with Crippen molar-refractivity contribution in [1.82, 2.24) is 4.90 Å². The number of nitrogens with zero attached hydrogens (tertiary/aromatic N) is 1. The molecule has 2 aliphatic heterocycles. The molecule has 2 saturated heterocycles. The third-order valence-electron chi connectivity index (χ3n) is 5.33. The summed E-state index contributed by atoms with van der Waals surface area (Å²) in [7, 11) is 0. The fourth-order valence-corrected chi connectivity index (χ4v) is 4.13. The summed E-state index contributed by atoms with van der Waals surface area (Å²) in [6.45, 7) is 2.87. The lowest BCUT2D eigenvalue weighted by Gasteiger charge is -2.39. The van der Waals surface area contributed by atoms with Crippen molar-refractivity contribution in [3.63, 3.8) is 0 Å². The van der Waals surface area contributed by atoms with Gasteiger partial charge >= 0.3 is 5.97 Å². The number of amides is 1. The molecule has 1 unspecified atom stereocenters. The van der Waals surface area contributed by atoms with Gasteiger partial charge in [0.1, 0.15) is 5.82 Å². The first-order valence-electron chi connectivity index (χ1n) is 9.02. The Balaban J connectivity index is 1.89. The van der Waals surface area contributed by atoms with Crippen LogP contribution in [0.3, 0.4) is 0 Å². The SMILES string of the molecule is O=C(O)CC(C(=O)N1CCOCC2(CCOCC2)C1)c1c(F)cccc1Cl. The van der Waals surface area contributed by atoms with Crippen molar-refractivity contribution in [2.24, 2.45) is 5.41 Å². The quantitative estimate of drug-likeness (QED) is 0.842. The minimum Gasteiger partial charge on any atom is -0.481 e. The van der Waals surface area contributed by atoms with Crippen LogP contribution in [0.15, 0.2) is 18.2 Å². The molecular weight excluding hydrogens is 377 g/mol. The molecule has 1 N–H and O–H groups in total. The van der Waals surface area contributed by atoms with E-state index >= 15 is 0 Å². The van der Waals surface area contributed by atoms with E-state index in [0.29, 0.717) is 39.5 Å². The lowest BCUT2D eigenvalue weighted by molar-refractivity contribution is -0.143. The van der Waals surface area contributed by atoms with Crippen molar-refractivity contribution in [1.29, 1.82) is 0 Å². The summed E-state index contributed by atoms with van der Waals surface area (Å²) in [6, 6.07) is 4.09. The molecule has 6 nitrogen and oxygen atoms in total. The molecule has 0 saturated carbocycles. The molecule has 2 aliphatic rings. The lowest BCUT2D eigenvalue weighted by atomic mass is 9.80. The van der Waals surface area contributed by atoms with Crippen LogP contribution in [0.4, 0.5) is 4.39 Å². The maximum atomic E-state index is 14.4. The second-order valence-corrected chi connectivity index (χ2v) is 7.62. The smallest absolute Gasteiger partial charge is 0.304 e. The number of carbonyl (C=O) groups is 2. The Hall–Kier alpha value is -1.70. The third kappa shape index (κ3) is 4.59.